The SMILES string of the molecule is CO[C@H]1/C=C/C[C@H](C)CS(=O)(NC(=O)c2ccn(C3CC3)c2)=NC(=O)c2ccc3c(c2)N(Cc2ccc(Cl)cc2CCCCO3)C[C@@H]2CC[C@H]21. The summed E-state index contributed by atoms with van der Waals surface area (Å²) in [4.78, 5) is 29.8. The maximum absolute atomic E-state index is 14.6. The summed E-state index contributed by atoms with van der Waals surface area (Å²) in [5.41, 5.74) is 3.90. The highest BCUT2D eigenvalue weighted by Gasteiger charge is 2.38. The second kappa shape index (κ2) is 14.9. The molecule has 50 heavy (non-hydrogen) atoms. The largest absolute Gasteiger partial charge is 0.491 e. The molecular weight excluding hydrogens is 672 g/mol. The van der Waals surface area contributed by atoms with Crippen LogP contribution in [0.4, 0.5) is 5.69 Å². The van der Waals surface area contributed by atoms with Gasteiger partial charge in [0.15, 0.2) is 0 Å². The van der Waals surface area contributed by atoms with E-state index in [1.165, 1.54) is 11.1 Å². The maximum atomic E-state index is 14.6. The van der Waals surface area contributed by atoms with Gasteiger partial charge >= 0.3 is 0 Å². The molecule has 2 aromatic carbocycles. The highest BCUT2D eigenvalue weighted by molar-refractivity contribution is 7.92. The van der Waals surface area contributed by atoms with Gasteiger partial charge in [0.1, 0.15) is 15.7 Å². The number of methoxy groups -OCH3 is 1. The lowest BCUT2D eigenvalue weighted by atomic mass is 9.70. The van der Waals surface area contributed by atoms with Gasteiger partial charge in [-0.1, -0.05) is 36.7 Å². The Kier molecular flexibility index (Phi) is 10.4. The number of nitrogens with one attached hydrogen (secondary N) is 1. The van der Waals surface area contributed by atoms with Crippen molar-refractivity contribution in [2.75, 3.05) is 30.9 Å². The number of hydrogen-bond donors (Lipinski definition) is 1. The minimum Gasteiger partial charge on any atom is -0.491 e. The number of benzene rings is 2. The minimum absolute atomic E-state index is 0.0291. The number of amides is 2. The van der Waals surface area contributed by atoms with Crippen LogP contribution in [0.5, 0.6) is 5.75 Å². The Balaban J connectivity index is 1.30. The van der Waals surface area contributed by atoms with E-state index in [1.807, 2.05) is 35.9 Å². The molecule has 11 heteroatoms. The number of ether oxygens (including phenoxy) is 2. The van der Waals surface area contributed by atoms with Gasteiger partial charge in [-0.25, -0.2) is 4.21 Å². The zero-order valence-electron chi connectivity index (χ0n) is 28.9. The summed E-state index contributed by atoms with van der Waals surface area (Å²) in [6.45, 7) is 3.86. The van der Waals surface area contributed by atoms with Gasteiger partial charge < -0.3 is 18.9 Å². The Morgan fingerprint density at radius 2 is 1.94 bits per heavy atom. The van der Waals surface area contributed by atoms with Crippen molar-refractivity contribution >= 4 is 39.0 Å². The van der Waals surface area contributed by atoms with Crippen molar-refractivity contribution in [3.63, 3.8) is 0 Å². The fraction of sp³-hybridized carbons (Fsp3) is 0.487. The monoisotopic (exact) mass is 718 g/mol. The van der Waals surface area contributed by atoms with Gasteiger partial charge in [-0.3, -0.25) is 14.3 Å². The van der Waals surface area contributed by atoms with Crippen molar-refractivity contribution < 1.29 is 23.3 Å². The lowest BCUT2D eigenvalue weighted by molar-refractivity contribution is 0.0133. The third kappa shape index (κ3) is 7.98. The summed E-state index contributed by atoms with van der Waals surface area (Å²) in [7, 11) is -1.74. The first-order valence-corrected chi connectivity index (χ1v) is 20.0. The Hall–Kier alpha value is -3.60. The number of halogens is 1. The molecule has 9 nitrogen and oxygen atoms in total. The zero-order valence-corrected chi connectivity index (χ0v) is 30.5. The molecule has 3 heterocycles. The standard InChI is InChI=1S/C39H47ClN4O5S/c1-26-6-5-8-36(48-2)34-15-10-30(34)23-44-22-29-9-12-32(40)20-27(29)7-3-4-19-49-37-16-11-28(21-35(37)44)38(45)41-50(47,25-26)42-39(46)31-17-18-43(24-31)33-13-14-33/h5,8-9,11-12,16-18,20-21,24,26,30,33-34,36H,3-4,6-7,10,13-15,19,22-23,25H2,1-2H3,(H,41,42,45,46,47)/b8-5+/t26-,30-,34+,36-,50?/m0/s1. The van der Waals surface area contributed by atoms with E-state index in [9.17, 15) is 13.8 Å². The van der Waals surface area contributed by atoms with E-state index in [-0.39, 0.29) is 17.8 Å². The van der Waals surface area contributed by atoms with E-state index in [0.717, 1.165) is 62.2 Å². The van der Waals surface area contributed by atoms with Gasteiger partial charge in [-0.2, -0.15) is 0 Å². The summed E-state index contributed by atoms with van der Waals surface area (Å²) in [5.74, 6) is 0.168. The number of hydrogen-bond acceptors (Lipinski definition) is 6. The predicted molar refractivity (Wildman–Crippen MR) is 197 cm³/mol. The number of carbonyl (C=O) groups excluding carboxylic acids is 2. The quantitative estimate of drug-likeness (QED) is 0.277. The van der Waals surface area contributed by atoms with Crippen molar-refractivity contribution in [3.8, 4) is 5.75 Å². The normalized spacial score (nSPS) is 28.1. The molecule has 1 unspecified atom stereocenters. The zero-order chi connectivity index (χ0) is 34.8. The predicted octanol–water partition coefficient (Wildman–Crippen LogP) is 7.79. The number of carbonyl (C=O) groups is 2. The van der Waals surface area contributed by atoms with E-state index < -0.39 is 21.7 Å². The Morgan fingerprint density at radius 1 is 1.08 bits per heavy atom. The molecule has 2 amide bonds. The van der Waals surface area contributed by atoms with Crippen LogP contribution in [0.25, 0.3) is 0 Å². The van der Waals surface area contributed by atoms with E-state index in [4.69, 9.17) is 21.1 Å². The number of rotatable bonds is 4. The number of allylic oxidation sites excluding steroid dienone is 1. The van der Waals surface area contributed by atoms with Crippen molar-refractivity contribution in [2.45, 2.75) is 77.0 Å². The Labute approximate surface area is 300 Å². The van der Waals surface area contributed by atoms with Crippen LogP contribution in [0, 0.1) is 17.8 Å². The van der Waals surface area contributed by atoms with Gasteiger partial charge in [-0.05, 0) is 117 Å². The summed E-state index contributed by atoms with van der Waals surface area (Å²) in [6, 6.07) is 13.6. The van der Waals surface area contributed by atoms with Crippen LogP contribution in [-0.2, 0) is 27.6 Å². The van der Waals surface area contributed by atoms with E-state index in [1.54, 1.807) is 25.4 Å². The van der Waals surface area contributed by atoms with Crippen LogP contribution >= 0.6 is 11.6 Å². The number of aromatic nitrogens is 1. The van der Waals surface area contributed by atoms with Crippen LogP contribution in [-0.4, -0.2) is 52.7 Å². The molecule has 7 rings (SSSR count). The third-order valence-corrected chi connectivity index (χ3v) is 12.8. The Morgan fingerprint density at radius 3 is 2.72 bits per heavy atom. The average Bonchev–Trinajstić information content (AvgIpc) is 3.81. The van der Waals surface area contributed by atoms with Crippen LogP contribution in [0.15, 0.2) is 71.4 Å². The van der Waals surface area contributed by atoms with Gasteiger partial charge in [0.25, 0.3) is 11.8 Å². The summed E-state index contributed by atoms with van der Waals surface area (Å²) >= 11 is 6.47. The molecule has 2 saturated carbocycles. The second-order valence-electron chi connectivity index (χ2n) is 14.5. The minimum atomic E-state index is -3.50. The highest BCUT2D eigenvalue weighted by Crippen LogP contribution is 2.42. The van der Waals surface area contributed by atoms with Crippen LogP contribution in [0.3, 0.4) is 0 Å². The molecule has 3 aromatic rings. The average molecular weight is 719 g/mol. The van der Waals surface area contributed by atoms with E-state index in [0.29, 0.717) is 54.3 Å². The molecule has 2 aliphatic carbocycles. The molecule has 266 valence electrons. The van der Waals surface area contributed by atoms with Crippen LogP contribution in [0.1, 0.15) is 89.8 Å². The van der Waals surface area contributed by atoms with Gasteiger partial charge in [-0.15, -0.1) is 4.36 Å². The number of anilines is 1. The first-order valence-electron chi connectivity index (χ1n) is 18.0. The van der Waals surface area contributed by atoms with Crippen molar-refractivity contribution in [3.05, 3.63) is 94.3 Å². The van der Waals surface area contributed by atoms with Crippen molar-refractivity contribution in [1.82, 2.24) is 9.29 Å². The molecule has 2 aliphatic heterocycles. The highest BCUT2D eigenvalue weighted by atomic mass is 35.5. The fourth-order valence-electron chi connectivity index (χ4n) is 7.53. The third-order valence-electron chi connectivity index (χ3n) is 10.6. The molecule has 5 atom stereocenters. The molecule has 2 bridgehead atoms. The Bertz CT molecular complexity index is 1890. The summed E-state index contributed by atoms with van der Waals surface area (Å²) in [6.07, 6.45) is 15.4. The van der Waals surface area contributed by atoms with E-state index in [2.05, 4.69) is 38.3 Å². The van der Waals surface area contributed by atoms with E-state index >= 15 is 0 Å². The van der Waals surface area contributed by atoms with Gasteiger partial charge in [0.05, 0.1) is 29.7 Å². The molecule has 0 spiro atoms. The summed E-state index contributed by atoms with van der Waals surface area (Å²) in [5, 5.41) is 0.719. The smallest absolute Gasteiger partial charge is 0.286 e. The lowest BCUT2D eigenvalue weighted by Gasteiger charge is -2.43. The molecule has 1 N–H and O–H groups in total. The first kappa shape index (κ1) is 34.8. The summed E-state index contributed by atoms with van der Waals surface area (Å²) < 4.78 is 36.0. The molecule has 0 radical (unpaired) electrons. The lowest BCUT2D eigenvalue weighted by Crippen LogP contribution is -2.43. The van der Waals surface area contributed by atoms with Crippen LogP contribution < -0.4 is 14.4 Å². The van der Waals surface area contributed by atoms with Crippen molar-refractivity contribution in [1.29, 1.82) is 0 Å². The first-order chi connectivity index (χ1) is 24.2. The topological polar surface area (TPSA) is 102 Å². The fourth-order valence-corrected chi connectivity index (χ4v) is 9.61. The number of nitrogens with zero attached hydrogens (tertiary/aromatic N) is 3. The van der Waals surface area contributed by atoms with Crippen molar-refractivity contribution in [2.24, 2.45) is 22.1 Å². The van der Waals surface area contributed by atoms with Crippen LogP contribution in [0.2, 0.25) is 5.02 Å². The van der Waals surface area contributed by atoms with Gasteiger partial charge in [0.2, 0.25) is 0 Å². The maximum Gasteiger partial charge on any atom is 0.286 e. The molecule has 1 aromatic heterocycles. The van der Waals surface area contributed by atoms with Gasteiger partial charge in [0, 0.05) is 49.2 Å². The second-order valence-corrected chi connectivity index (χ2v) is 16.9. The number of aryl methyl sites for hydroxylation is 1. The molecule has 4 aliphatic rings. The molecule has 0 saturated heterocycles. The molecular formula is C39H47ClN4O5S. The number of fused-ring (bicyclic) bond motifs is 3. The molecule has 2 fully saturated rings.